The third kappa shape index (κ3) is 55.9. The molecule has 34 valence electrons. The van der Waals surface area contributed by atoms with Gasteiger partial charge in [0.05, 0.1) is 0 Å². The normalized spacial score (nSPS) is 7.20. The second-order valence-electron chi connectivity index (χ2n) is 1.73. The van der Waals surface area contributed by atoms with E-state index in [1.165, 1.54) is 0 Å². The Kier molecular flexibility index (Phi) is 8.96. The average molecular weight is 155 g/mol. The molecule has 0 saturated carbocycles. The van der Waals surface area contributed by atoms with Crippen LogP contribution in [0.15, 0.2) is 0 Å². The van der Waals surface area contributed by atoms with Gasteiger partial charge in [0.15, 0.2) is 0 Å². The molecule has 2 heteroatoms. The third-order valence-corrected chi connectivity index (χ3v) is 0. The molecule has 0 N–H and O–H groups in total. The van der Waals surface area contributed by atoms with Crippen LogP contribution < -0.4 is 0 Å². The number of halogens is 1. The summed E-state index contributed by atoms with van der Waals surface area (Å²) < 4.78 is 0. The summed E-state index contributed by atoms with van der Waals surface area (Å²) in [6, 6.07) is 0. The zero-order chi connectivity index (χ0) is 3.58. The van der Waals surface area contributed by atoms with Crippen LogP contribution in [0.1, 0.15) is 0 Å². The Morgan fingerprint density at radius 2 is 1.00 bits per heavy atom. The molecule has 0 heterocycles. The van der Waals surface area contributed by atoms with Gasteiger partial charge in [-0.15, -0.1) is 12.4 Å². The Hall–Kier alpha value is 0.833. The van der Waals surface area contributed by atoms with E-state index >= 15 is 0 Å². The first-order chi connectivity index (χ1) is 1.73. The maximum atomic E-state index is 2.35. The zero-order valence-electron chi connectivity index (χ0n) is 3.99. The molecule has 0 spiro atoms. The molecule has 0 aromatic heterocycles. The van der Waals surface area contributed by atoms with Crippen LogP contribution in [0.4, 0.5) is 0 Å². The fourth-order valence-corrected chi connectivity index (χ4v) is 0. The predicted octanol–water partition coefficient (Wildman–Crippen LogP) is 1.52. The third-order valence-electron chi connectivity index (χ3n) is 0. The van der Waals surface area contributed by atoms with Crippen LogP contribution >= 0.6 is 12.4 Å². The average Bonchev–Trinajstić information content (AvgIpc) is 0.811. The van der Waals surface area contributed by atoms with Crippen molar-refractivity contribution < 1.29 is 0 Å². The molecular weight excluding hydrogens is 144 g/mol. The van der Waals surface area contributed by atoms with E-state index in [1.807, 2.05) is 0 Å². The van der Waals surface area contributed by atoms with E-state index in [2.05, 4.69) is 17.3 Å². The van der Waals surface area contributed by atoms with Crippen molar-refractivity contribution in [1.82, 2.24) is 0 Å². The van der Waals surface area contributed by atoms with Crippen LogP contribution in [0.5, 0.6) is 0 Å². The molecule has 0 aromatic rings. The van der Waals surface area contributed by atoms with Gasteiger partial charge in [-0.2, -0.15) is 0 Å². The molecule has 0 rings (SSSR count). The monoisotopic (exact) mass is 156 g/mol. The van der Waals surface area contributed by atoms with E-state index in [9.17, 15) is 0 Å². The summed E-state index contributed by atoms with van der Waals surface area (Å²) in [6.45, 7) is 0. The first-order valence-electron chi connectivity index (χ1n) is 1.73. The van der Waals surface area contributed by atoms with Crippen molar-refractivity contribution >= 4 is 26.8 Å². The molecule has 0 amide bonds. The molecule has 0 fully saturated rings. The number of hydrogen-bond acceptors (Lipinski definition) is 0. The predicted molar refractivity (Wildman–Crippen MR) is 32.0 cm³/mol. The molecule has 0 saturated heterocycles. The van der Waals surface area contributed by atoms with Gasteiger partial charge >= 0.3 is 31.6 Å². The second kappa shape index (κ2) is 4.83. The van der Waals surface area contributed by atoms with Gasteiger partial charge in [0.25, 0.3) is 0 Å². The molecule has 5 heavy (non-hydrogen) atoms. The van der Waals surface area contributed by atoms with Crippen molar-refractivity contribution in [3.63, 3.8) is 0 Å². The Bertz CT molecular complexity index is 11.6. The minimum atomic E-state index is -0.479. The van der Waals surface area contributed by atoms with Crippen LogP contribution in [0.3, 0.4) is 0 Å². The molecule has 0 atom stereocenters. The summed E-state index contributed by atoms with van der Waals surface area (Å²) in [4.78, 5) is 0. The van der Waals surface area contributed by atoms with E-state index in [1.54, 1.807) is 0 Å². The van der Waals surface area contributed by atoms with E-state index < -0.39 is 14.3 Å². The number of hydrogen-bond donors (Lipinski definition) is 0. The van der Waals surface area contributed by atoms with Gasteiger partial charge in [-0.3, -0.25) is 0 Å². The fraction of sp³-hybridized carbons (Fsp3) is 1.00. The molecule has 0 aliphatic carbocycles. The minimum absolute atomic E-state index is 0. The van der Waals surface area contributed by atoms with Crippen LogP contribution in [-0.4, -0.2) is 14.3 Å². The molecule has 0 aliphatic rings. The zero-order valence-corrected chi connectivity index (χ0v) is 7.22. The van der Waals surface area contributed by atoms with E-state index in [-0.39, 0.29) is 12.4 Å². The first-order valence-corrected chi connectivity index (χ1v) is 9.00. The standard InChI is InChI=1S/C3H10Ge.ClH/c1-4(2)3;/h4H,1-3H3;1H. The molecule has 0 radical (unpaired) electrons. The Morgan fingerprint density at radius 1 is 1.00 bits per heavy atom. The number of rotatable bonds is 0. The van der Waals surface area contributed by atoms with Crippen LogP contribution in [0.2, 0.25) is 17.3 Å². The topological polar surface area (TPSA) is 0 Å². The van der Waals surface area contributed by atoms with Gasteiger partial charge in [-0.05, 0) is 0 Å². The summed E-state index contributed by atoms with van der Waals surface area (Å²) in [5.41, 5.74) is 0. The van der Waals surface area contributed by atoms with E-state index in [4.69, 9.17) is 0 Å². The van der Waals surface area contributed by atoms with Crippen molar-refractivity contribution in [2.24, 2.45) is 0 Å². The molecule has 0 aromatic carbocycles. The van der Waals surface area contributed by atoms with Gasteiger partial charge < -0.3 is 0 Å². The van der Waals surface area contributed by atoms with Crippen LogP contribution in [-0.2, 0) is 0 Å². The van der Waals surface area contributed by atoms with Gasteiger partial charge in [0.1, 0.15) is 0 Å². The van der Waals surface area contributed by atoms with Gasteiger partial charge in [0.2, 0.25) is 0 Å². The molecule has 0 aliphatic heterocycles. The van der Waals surface area contributed by atoms with E-state index in [0.29, 0.717) is 0 Å². The van der Waals surface area contributed by atoms with Crippen molar-refractivity contribution in [3.05, 3.63) is 0 Å². The van der Waals surface area contributed by atoms with Crippen LogP contribution in [0, 0.1) is 0 Å². The van der Waals surface area contributed by atoms with Gasteiger partial charge in [-0.25, -0.2) is 0 Å². The second-order valence-corrected chi connectivity index (χ2v) is 9.00. The first kappa shape index (κ1) is 9.27. The quantitative estimate of drug-likeness (QED) is 0.465. The SMILES string of the molecule is Cl.[CH3][GeH]([CH3])[CH3]. The van der Waals surface area contributed by atoms with Crippen molar-refractivity contribution in [3.8, 4) is 0 Å². The van der Waals surface area contributed by atoms with E-state index in [0.717, 1.165) is 0 Å². The van der Waals surface area contributed by atoms with Gasteiger partial charge in [0, 0.05) is 0 Å². The Morgan fingerprint density at radius 3 is 1.00 bits per heavy atom. The molecular formula is C3H11ClGe. The Labute approximate surface area is 44.5 Å². The summed E-state index contributed by atoms with van der Waals surface area (Å²) >= 11 is -0.479. The maximum absolute atomic E-state index is 2.35. The van der Waals surface area contributed by atoms with Crippen LogP contribution in [0.25, 0.3) is 0 Å². The summed E-state index contributed by atoms with van der Waals surface area (Å²) in [6.07, 6.45) is 0. The molecule has 0 nitrogen and oxygen atoms in total. The summed E-state index contributed by atoms with van der Waals surface area (Å²) in [5, 5.41) is 0. The van der Waals surface area contributed by atoms with Gasteiger partial charge in [-0.1, -0.05) is 0 Å². The molecule has 0 bridgehead atoms. The Balaban J connectivity index is 0. The summed E-state index contributed by atoms with van der Waals surface area (Å²) in [7, 11) is 0. The summed E-state index contributed by atoms with van der Waals surface area (Å²) in [5.74, 6) is 7.06. The van der Waals surface area contributed by atoms with Crippen molar-refractivity contribution in [2.45, 2.75) is 17.3 Å². The fourth-order valence-electron chi connectivity index (χ4n) is 0. The van der Waals surface area contributed by atoms with Crippen molar-refractivity contribution in [1.29, 1.82) is 0 Å². The molecule has 0 unspecified atom stereocenters. The van der Waals surface area contributed by atoms with Crippen molar-refractivity contribution in [2.75, 3.05) is 0 Å².